The molecule has 1 heterocycles. The van der Waals surface area contributed by atoms with Crippen LogP contribution in [0, 0.1) is 0 Å². The maximum atomic E-state index is 12.6. The number of hydrogen-bond acceptors (Lipinski definition) is 1. The van der Waals surface area contributed by atoms with Gasteiger partial charge in [-0.2, -0.15) is 9.82 Å². The molecule has 2 nitrogen and oxygen atoms in total. The lowest BCUT2D eigenvalue weighted by molar-refractivity contribution is -1.03. The zero-order valence-electron chi connectivity index (χ0n) is 7.02. The number of hydrogen-bond donors (Lipinski definition) is 1. The highest BCUT2D eigenvalue weighted by molar-refractivity contribution is 6.50. The van der Waals surface area contributed by atoms with Crippen LogP contribution in [0.15, 0.2) is 24.3 Å². The Hall–Kier alpha value is -1.12. The van der Waals surface area contributed by atoms with Gasteiger partial charge in [0.1, 0.15) is 7.05 Å². The van der Waals surface area contributed by atoms with Crippen LogP contribution in [0.5, 0.6) is 0 Å². The molecule has 1 rings (SSSR count). The van der Waals surface area contributed by atoms with Gasteiger partial charge in [0.2, 0.25) is 5.95 Å². The summed E-state index contributed by atoms with van der Waals surface area (Å²) >= 11 is 0. The van der Waals surface area contributed by atoms with E-state index in [1.165, 1.54) is 19.3 Å². The zero-order valence-corrected chi connectivity index (χ0v) is 7.02. The quantitative estimate of drug-likeness (QED) is 0.286. The van der Waals surface area contributed by atoms with Gasteiger partial charge in [0.25, 0.3) is 0 Å². The topological polar surface area (TPSA) is 12.0 Å². The Kier molecular flexibility index (Phi) is 4.05. The van der Waals surface area contributed by atoms with E-state index in [1.807, 2.05) is 5.43 Å². The summed E-state index contributed by atoms with van der Waals surface area (Å²) in [6.45, 7) is 0. The second kappa shape index (κ2) is 4.40. The number of allylic oxidation sites excluding steroid dienone is 2. The second-order valence-electron chi connectivity index (χ2n) is 2.42. The molecule has 1 aliphatic rings. The van der Waals surface area contributed by atoms with E-state index < -0.39 is 18.0 Å². The van der Waals surface area contributed by atoms with Crippen molar-refractivity contribution in [3.8, 4) is 0 Å². The van der Waals surface area contributed by atoms with E-state index in [0.29, 0.717) is 0 Å². The largest absolute Gasteiger partial charge is 0.673 e. The van der Waals surface area contributed by atoms with Gasteiger partial charge in [-0.1, -0.05) is 0 Å². The molecule has 0 amide bonds. The summed E-state index contributed by atoms with van der Waals surface area (Å²) in [7, 11) is -4.82. The van der Waals surface area contributed by atoms with Crippen molar-refractivity contribution in [2.75, 3.05) is 7.05 Å². The van der Waals surface area contributed by atoms with Crippen LogP contribution < -0.4 is 5.43 Å². The van der Waals surface area contributed by atoms with Gasteiger partial charge in [-0.25, -0.2) is 0 Å². The summed E-state index contributed by atoms with van der Waals surface area (Å²) in [4.78, 5) is -1.14. The molecule has 0 aromatic heterocycles. The van der Waals surface area contributed by atoms with Gasteiger partial charge in [0, 0.05) is 16.6 Å². The monoisotopic (exact) mass is 220 g/mol. The van der Waals surface area contributed by atoms with Crippen molar-refractivity contribution in [1.82, 2.24) is 5.43 Å². The molecule has 0 saturated carbocycles. The van der Waals surface area contributed by atoms with Crippen molar-refractivity contribution < 1.29 is 30.9 Å². The van der Waals surface area contributed by atoms with Crippen LogP contribution in [0.3, 0.4) is 0 Å². The van der Waals surface area contributed by atoms with Crippen LogP contribution in [0.2, 0.25) is 0 Å². The average molecular weight is 220 g/mol. The molecule has 0 aliphatic carbocycles. The molecule has 9 heteroatoms. The summed E-state index contributed by atoms with van der Waals surface area (Å²) in [6.07, 6.45) is 3.65. The second-order valence-corrected chi connectivity index (χ2v) is 2.42. The third-order valence-corrected chi connectivity index (χ3v) is 0.934. The summed E-state index contributed by atoms with van der Waals surface area (Å²) in [5, 5.41) is 0. The fourth-order valence-electron chi connectivity index (χ4n) is 0.573. The Morgan fingerprint density at radius 3 is 1.93 bits per heavy atom. The van der Waals surface area contributed by atoms with Crippen LogP contribution in [0.4, 0.5) is 26.1 Å². The van der Waals surface area contributed by atoms with Gasteiger partial charge in [0.15, 0.2) is 6.20 Å². The molecule has 1 N–H and O–H groups in total. The molecule has 14 heavy (non-hydrogen) atoms. The molecule has 1 aliphatic heterocycles. The van der Waals surface area contributed by atoms with Gasteiger partial charge in [0.05, 0.1) is 0 Å². The predicted molar refractivity (Wildman–Crippen MR) is 38.9 cm³/mol. The maximum absolute atomic E-state index is 12.6. The molecule has 0 bridgehead atoms. The maximum Gasteiger partial charge on any atom is 0.673 e. The van der Waals surface area contributed by atoms with Gasteiger partial charge in [-0.05, 0) is 4.81 Å². The van der Waals surface area contributed by atoms with Crippen LogP contribution in [0.25, 0.3) is 0 Å². The fraction of sp³-hybridized carbons (Fsp3) is 0.200. The van der Waals surface area contributed by atoms with Crippen LogP contribution in [-0.4, -0.2) is 19.1 Å². The van der Waals surface area contributed by atoms with E-state index in [4.69, 9.17) is 0 Å². The normalized spacial score (nSPS) is 25.8. The highest BCUT2D eigenvalue weighted by Gasteiger charge is 2.22. The van der Waals surface area contributed by atoms with E-state index in [0.717, 1.165) is 6.08 Å². The lowest BCUT2D eigenvalue weighted by Gasteiger charge is -2.17. The van der Waals surface area contributed by atoms with E-state index >= 15 is 0 Å². The molecule has 0 fully saturated rings. The van der Waals surface area contributed by atoms with Crippen molar-refractivity contribution in [2.45, 2.75) is 0 Å². The Morgan fingerprint density at radius 2 is 1.71 bits per heavy atom. The first-order valence-corrected chi connectivity index (χ1v) is 3.37. The fourth-order valence-corrected chi connectivity index (χ4v) is 0.573. The Morgan fingerprint density at radius 1 is 1.29 bits per heavy atom. The molecular formula is C5H7BF6N2. The number of halogens is 6. The summed E-state index contributed by atoms with van der Waals surface area (Å²) in [6, 6.07) is 0. The lowest BCUT2D eigenvalue weighted by atomic mass is 10.3. The van der Waals surface area contributed by atoms with Crippen LogP contribution in [-0.2, 0) is 0 Å². The predicted octanol–water partition coefficient (Wildman–Crippen LogP) is 2.46. The van der Waals surface area contributed by atoms with Gasteiger partial charge in [-0.3, -0.25) is 0 Å². The first-order valence-electron chi connectivity index (χ1n) is 3.37. The van der Waals surface area contributed by atoms with Crippen molar-refractivity contribution in [3.05, 3.63) is 24.3 Å². The van der Waals surface area contributed by atoms with Crippen LogP contribution >= 0.6 is 0 Å². The highest BCUT2D eigenvalue weighted by Crippen LogP contribution is 2.09. The van der Waals surface area contributed by atoms with Crippen LogP contribution in [0.1, 0.15) is 0 Å². The summed E-state index contributed by atoms with van der Waals surface area (Å²) in [5.41, 5.74) is 1.93. The van der Waals surface area contributed by atoms with E-state index in [9.17, 15) is 26.1 Å². The average Bonchev–Trinajstić information content (AvgIpc) is 1.78. The van der Waals surface area contributed by atoms with Crippen molar-refractivity contribution in [1.29, 1.82) is 0 Å². The van der Waals surface area contributed by atoms with Crippen molar-refractivity contribution in [2.24, 2.45) is 0 Å². The summed E-state index contributed by atoms with van der Waals surface area (Å²) < 4.78 is 63.7. The molecular weight excluding hydrogens is 213 g/mol. The molecule has 0 saturated heterocycles. The Bertz CT molecular complexity index is 239. The van der Waals surface area contributed by atoms with Crippen molar-refractivity contribution in [3.63, 3.8) is 0 Å². The molecule has 1 unspecified atom stereocenters. The van der Waals surface area contributed by atoms with Crippen molar-refractivity contribution >= 4 is 7.25 Å². The number of nitrogens with zero attached hydrogens (tertiary/aromatic N) is 1. The molecule has 0 aromatic rings. The van der Waals surface area contributed by atoms with Gasteiger partial charge >= 0.3 is 7.25 Å². The highest BCUT2D eigenvalue weighted by atomic mass is 19.5. The number of quaternary nitrogens is 1. The minimum Gasteiger partial charge on any atom is -0.418 e. The molecule has 0 aromatic carbocycles. The lowest BCUT2D eigenvalue weighted by Crippen LogP contribution is -2.42. The minimum absolute atomic E-state index is 0.664. The van der Waals surface area contributed by atoms with Gasteiger partial charge < -0.3 is 17.3 Å². The third kappa shape index (κ3) is 8.98. The number of rotatable bonds is 0. The Labute approximate surface area is 76.1 Å². The first kappa shape index (κ1) is 12.9. The Balaban J connectivity index is 0.000000292. The van der Waals surface area contributed by atoms with E-state index in [2.05, 4.69) is 0 Å². The standard InChI is InChI=1S/C5H7F2N2.BF4/c1-9(7)4-2-3-5(6)8-9;2-1(3,4)5/h2-4,8H,1H3;/q+1;-1. The van der Waals surface area contributed by atoms with E-state index in [1.54, 1.807) is 0 Å². The molecule has 0 spiro atoms. The summed E-state index contributed by atoms with van der Waals surface area (Å²) in [5.74, 6) is -0.664. The SMILES string of the molecule is C[N+]1(F)C=CC=C(F)N1.F[B-](F)(F)F. The zero-order chi connectivity index (χ0) is 11.4. The smallest absolute Gasteiger partial charge is 0.418 e. The van der Waals surface area contributed by atoms with E-state index in [-0.39, 0.29) is 0 Å². The molecule has 1 atom stereocenters. The molecule has 82 valence electrons. The third-order valence-electron chi connectivity index (χ3n) is 0.934. The first-order chi connectivity index (χ1) is 6.10. The minimum atomic E-state index is -6.00. The number of nitrogens with one attached hydrogen (secondary N) is 1. The van der Waals surface area contributed by atoms with Gasteiger partial charge in [-0.15, -0.1) is 0 Å². The molecule has 0 radical (unpaired) electrons.